The third-order valence-electron chi connectivity index (χ3n) is 6.15. The number of aromatic nitrogens is 6. The molecule has 3 aromatic heterocycles. The molecule has 0 saturated carbocycles. The van der Waals surface area contributed by atoms with Crippen molar-refractivity contribution < 1.29 is 0 Å². The van der Waals surface area contributed by atoms with Crippen LogP contribution in [-0.4, -0.2) is 73.5 Å². The van der Waals surface area contributed by atoms with Gasteiger partial charge < -0.3 is 9.80 Å². The zero-order chi connectivity index (χ0) is 26.4. The van der Waals surface area contributed by atoms with Gasteiger partial charge in [0.05, 0.1) is 30.0 Å². The zero-order valence-electron chi connectivity index (χ0n) is 21.9. The van der Waals surface area contributed by atoms with Crippen LogP contribution in [0.2, 0.25) is 0 Å². The van der Waals surface area contributed by atoms with Crippen molar-refractivity contribution in [3.05, 3.63) is 72.2 Å². The summed E-state index contributed by atoms with van der Waals surface area (Å²) in [6.45, 7) is 8.02. The summed E-state index contributed by atoms with van der Waals surface area (Å²) >= 11 is 0. The van der Waals surface area contributed by atoms with E-state index in [-0.39, 0.29) is 11.3 Å². The van der Waals surface area contributed by atoms with Gasteiger partial charge in [0.1, 0.15) is 11.3 Å². The SMILES string of the molecule is CC.CN1CCN(c2cnc(-c3cccc(CC(=N)n4nc(-c5cnn(C)c5)ccc4=N)c3)nc2)CC1. The lowest BCUT2D eigenvalue weighted by atomic mass is 10.1. The number of piperazine rings is 1. The fraction of sp³-hybridized carbons (Fsp3) is 0.333. The lowest BCUT2D eigenvalue weighted by Crippen LogP contribution is -2.44. The van der Waals surface area contributed by atoms with E-state index in [0.717, 1.165) is 48.6 Å². The molecule has 1 fully saturated rings. The minimum absolute atomic E-state index is 0.154. The Morgan fingerprint density at radius 2 is 1.65 bits per heavy atom. The smallest absolute Gasteiger partial charge is 0.159 e. The summed E-state index contributed by atoms with van der Waals surface area (Å²) in [5.41, 5.74) is 4.53. The summed E-state index contributed by atoms with van der Waals surface area (Å²) in [6.07, 6.45) is 7.68. The summed E-state index contributed by atoms with van der Waals surface area (Å²) in [6, 6.07) is 11.3. The molecule has 5 rings (SSSR count). The lowest BCUT2D eigenvalue weighted by molar-refractivity contribution is 0.312. The van der Waals surface area contributed by atoms with Crippen LogP contribution in [0.25, 0.3) is 22.6 Å². The first-order valence-electron chi connectivity index (χ1n) is 12.5. The molecule has 1 aromatic carbocycles. The van der Waals surface area contributed by atoms with E-state index in [1.807, 2.05) is 63.8 Å². The molecule has 10 nitrogen and oxygen atoms in total. The number of hydrogen-bond donors (Lipinski definition) is 2. The van der Waals surface area contributed by atoms with Crippen molar-refractivity contribution >= 4 is 11.5 Å². The molecule has 0 unspecified atom stereocenters. The van der Waals surface area contributed by atoms with E-state index < -0.39 is 0 Å². The Hall–Kier alpha value is -4.18. The molecule has 0 aliphatic carbocycles. The van der Waals surface area contributed by atoms with Crippen LogP contribution < -0.4 is 10.4 Å². The van der Waals surface area contributed by atoms with Crippen LogP contribution in [0.3, 0.4) is 0 Å². The fourth-order valence-electron chi connectivity index (χ4n) is 4.12. The van der Waals surface area contributed by atoms with Crippen molar-refractivity contribution in [3.63, 3.8) is 0 Å². The second kappa shape index (κ2) is 11.7. The van der Waals surface area contributed by atoms with Crippen LogP contribution in [0.1, 0.15) is 19.4 Å². The van der Waals surface area contributed by atoms with Gasteiger partial charge in [0, 0.05) is 57.0 Å². The first-order chi connectivity index (χ1) is 18.0. The van der Waals surface area contributed by atoms with E-state index in [0.29, 0.717) is 17.9 Å². The van der Waals surface area contributed by atoms with Gasteiger partial charge in [-0.15, -0.1) is 0 Å². The molecule has 37 heavy (non-hydrogen) atoms. The summed E-state index contributed by atoms with van der Waals surface area (Å²) in [5.74, 6) is 0.867. The molecule has 1 saturated heterocycles. The summed E-state index contributed by atoms with van der Waals surface area (Å²) in [5, 5.41) is 25.6. The highest BCUT2D eigenvalue weighted by atomic mass is 15.3. The average molecular weight is 499 g/mol. The second-order valence-electron chi connectivity index (χ2n) is 8.80. The maximum absolute atomic E-state index is 8.62. The van der Waals surface area contributed by atoms with Crippen LogP contribution in [0.4, 0.5) is 5.69 Å². The van der Waals surface area contributed by atoms with Crippen molar-refractivity contribution in [2.45, 2.75) is 20.3 Å². The molecule has 4 heterocycles. The fourth-order valence-corrected chi connectivity index (χ4v) is 4.12. The molecule has 192 valence electrons. The highest BCUT2D eigenvalue weighted by Gasteiger charge is 2.15. The molecule has 0 spiro atoms. The summed E-state index contributed by atoms with van der Waals surface area (Å²) in [4.78, 5) is 13.8. The van der Waals surface area contributed by atoms with Crippen molar-refractivity contribution in [3.8, 4) is 22.6 Å². The maximum Gasteiger partial charge on any atom is 0.159 e. The molecule has 1 aliphatic heterocycles. The van der Waals surface area contributed by atoms with Crippen LogP contribution >= 0.6 is 0 Å². The molecule has 4 aromatic rings. The van der Waals surface area contributed by atoms with Gasteiger partial charge in [-0.25, -0.2) is 14.6 Å². The van der Waals surface area contributed by atoms with Crippen LogP contribution in [0.15, 0.2) is 61.2 Å². The van der Waals surface area contributed by atoms with E-state index in [2.05, 4.69) is 37.0 Å². The van der Waals surface area contributed by atoms with Gasteiger partial charge in [-0.2, -0.15) is 10.2 Å². The van der Waals surface area contributed by atoms with Gasteiger partial charge >= 0.3 is 0 Å². The number of hydrogen-bond acceptors (Lipinski definition) is 8. The number of anilines is 1. The molecule has 10 heteroatoms. The number of nitrogens with one attached hydrogen (secondary N) is 2. The normalized spacial score (nSPS) is 13.7. The van der Waals surface area contributed by atoms with E-state index in [4.69, 9.17) is 10.8 Å². The lowest BCUT2D eigenvalue weighted by Gasteiger charge is -2.33. The number of benzene rings is 1. The molecular formula is C27H34N10. The third-order valence-corrected chi connectivity index (χ3v) is 6.15. The molecule has 0 radical (unpaired) electrons. The highest BCUT2D eigenvalue weighted by molar-refractivity contribution is 5.83. The highest BCUT2D eigenvalue weighted by Crippen LogP contribution is 2.20. The minimum Gasteiger partial charge on any atom is -0.366 e. The van der Waals surface area contributed by atoms with Gasteiger partial charge in [0.15, 0.2) is 5.82 Å². The molecular weight excluding hydrogens is 464 g/mol. The monoisotopic (exact) mass is 498 g/mol. The van der Waals surface area contributed by atoms with E-state index in [1.54, 1.807) is 23.0 Å². The summed E-state index contributed by atoms with van der Waals surface area (Å²) < 4.78 is 3.06. The largest absolute Gasteiger partial charge is 0.366 e. The molecule has 0 amide bonds. The van der Waals surface area contributed by atoms with Crippen molar-refractivity contribution in [2.24, 2.45) is 7.05 Å². The van der Waals surface area contributed by atoms with Gasteiger partial charge in [-0.05, 0) is 30.8 Å². The van der Waals surface area contributed by atoms with Gasteiger partial charge in [-0.1, -0.05) is 32.0 Å². The molecule has 1 aliphatic rings. The van der Waals surface area contributed by atoms with Gasteiger partial charge in [-0.3, -0.25) is 15.5 Å². The van der Waals surface area contributed by atoms with Crippen molar-refractivity contribution in [2.75, 3.05) is 38.1 Å². The van der Waals surface area contributed by atoms with E-state index >= 15 is 0 Å². The van der Waals surface area contributed by atoms with E-state index in [1.165, 1.54) is 4.68 Å². The second-order valence-corrected chi connectivity index (χ2v) is 8.80. The van der Waals surface area contributed by atoms with Gasteiger partial charge in [0.25, 0.3) is 0 Å². The molecule has 0 bridgehead atoms. The van der Waals surface area contributed by atoms with Crippen LogP contribution in [-0.2, 0) is 13.5 Å². The zero-order valence-corrected chi connectivity index (χ0v) is 21.9. The van der Waals surface area contributed by atoms with Crippen LogP contribution in [0.5, 0.6) is 0 Å². The number of nitrogens with zero attached hydrogens (tertiary/aromatic N) is 8. The number of rotatable bonds is 5. The standard InChI is InChI=1S/C25H28N10.C2H6/c1-32-8-10-34(11-9-32)21-15-28-25(29-16-21)19-5-3-4-18(12-19)13-24(27)35-23(26)7-6-22(31-35)20-14-30-33(2)17-20;1-2/h3-7,12,14-17,26-27H,8-11,13H2,1-2H3;1-2H3. The van der Waals surface area contributed by atoms with Gasteiger partial charge in [0.2, 0.25) is 0 Å². The topological polar surface area (TPSA) is 116 Å². The molecule has 0 atom stereocenters. The van der Waals surface area contributed by atoms with E-state index in [9.17, 15) is 0 Å². The predicted octanol–water partition coefficient (Wildman–Crippen LogP) is 3.07. The Bertz CT molecular complexity index is 1400. The average Bonchev–Trinajstić information content (AvgIpc) is 3.37. The Balaban J connectivity index is 0.00000156. The third kappa shape index (κ3) is 6.15. The van der Waals surface area contributed by atoms with Crippen LogP contribution in [0, 0.1) is 10.8 Å². The predicted molar refractivity (Wildman–Crippen MR) is 146 cm³/mol. The quantitative estimate of drug-likeness (QED) is 0.323. The summed E-state index contributed by atoms with van der Waals surface area (Å²) in [7, 11) is 3.98. The van der Waals surface area contributed by atoms with Crippen molar-refractivity contribution in [1.82, 2.24) is 34.4 Å². The Morgan fingerprint density at radius 1 is 0.919 bits per heavy atom. The van der Waals surface area contributed by atoms with Crippen molar-refractivity contribution in [1.29, 1.82) is 10.8 Å². The first kappa shape index (κ1) is 25.9. The number of likely N-dealkylation sites (N-methyl/N-ethyl adjacent to an activating group) is 1. The molecule has 2 N–H and O–H groups in total. The first-order valence-corrected chi connectivity index (χ1v) is 12.5. The number of aryl methyl sites for hydroxylation is 1. The minimum atomic E-state index is 0.154. The Labute approximate surface area is 217 Å². The Kier molecular flexibility index (Phi) is 8.19. The Morgan fingerprint density at radius 3 is 2.32 bits per heavy atom. The maximum atomic E-state index is 8.62.